The number of hydrogen-bond acceptors (Lipinski definition) is 5. The quantitative estimate of drug-likeness (QED) is 0.264. The van der Waals surface area contributed by atoms with Crippen molar-refractivity contribution in [2.45, 2.75) is 34.1 Å². The fourth-order valence-electron chi connectivity index (χ4n) is 4.47. The average Bonchev–Trinajstić information content (AvgIpc) is 3.33. The summed E-state index contributed by atoms with van der Waals surface area (Å²) >= 11 is 0. The molecule has 2 heterocycles. The summed E-state index contributed by atoms with van der Waals surface area (Å²) in [4.78, 5) is 51.3. The maximum absolute atomic E-state index is 13.0. The molecule has 1 aromatic heterocycles. The molecule has 1 fully saturated rings. The molecule has 2 aromatic carbocycles. The summed E-state index contributed by atoms with van der Waals surface area (Å²) in [6, 6.07) is 15.7. The predicted octanol–water partition coefficient (Wildman–Crippen LogP) is 4.36. The second-order valence-corrected chi connectivity index (χ2v) is 8.87. The summed E-state index contributed by atoms with van der Waals surface area (Å²) in [5.41, 5.74) is 5.30. The van der Waals surface area contributed by atoms with E-state index in [1.165, 1.54) is 0 Å². The molecule has 0 spiro atoms. The molecule has 0 bridgehead atoms. The molecule has 1 aliphatic heterocycles. The highest BCUT2D eigenvalue weighted by atomic mass is 16.5. The smallest absolute Gasteiger partial charge is 0.338 e. The van der Waals surface area contributed by atoms with Crippen molar-refractivity contribution < 1.29 is 23.9 Å². The number of aromatic nitrogens is 1. The maximum Gasteiger partial charge on any atom is 0.338 e. The molecule has 3 aromatic rings. The van der Waals surface area contributed by atoms with E-state index in [9.17, 15) is 19.2 Å². The van der Waals surface area contributed by atoms with Gasteiger partial charge in [-0.1, -0.05) is 31.2 Å². The molecule has 0 saturated carbocycles. The van der Waals surface area contributed by atoms with Crippen LogP contribution in [-0.4, -0.2) is 46.4 Å². The first kappa shape index (κ1) is 26.4. The second kappa shape index (κ2) is 11.2. The molecule has 1 saturated heterocycles. The molecular formula is C29H30N4O5. The van der Waals surface area contributed by atoms with E-state index in [0.717, 1.165) is 39.5 Å². The fraction of sp³-hybridized carbons (Fsp3) is 0.241. The van der Waals surface area contributed by atoms with Crippen LogP contribution < -0.4 is 10.6 Å². The molecule has 4 amide bonds. The van der Waals surface area contributed by atoms with Crippen LogP contribution in [0.3, 0.4) is 0 Å². The third kappa shape index (κ3) is 5.36. The lowest BCUT2D eigenvalue weighted by molar-refractivity contribution is -0.127. The molecule has 2 N–H and O–H groups in total. The van der Waals surface area contributed by atoms with E-state index in [4.69, 9.17) is 4.74 Å². The van der Waals surface area contributed by atoms with Crippen molar-refractivity contribution >= 4 is 35.6 Å². The van der Waals surface area contributed by atoms with Gasteiger partial charge in [-0.2, -0.15) is 0 Å². The molecule has 9 nitrogen and oxygen atoms in total. The van der Waals surface area contributed by atoms with Crippen LogP contribution in [0.2, 0.25) is 0 Å². The summed E-state index contributed by atoms with van der Waals surface area (Å²) < 4.78 is 7.06. The molecule has 0 radical (unpaired) electrons. The van der Waals surface area contributed by atoms with Gasteiger partial charge in [0, 0.05) is 22.8 Å². The third-order valence-electron chi connectivity index (χ3n) is 6.32. The average molecular weight is 515 g/mol. The lowest BCUT2D eigenvalue weighted by Gasteiger charge is -2.13. The van der Waals surface area contributed by atoms with E-state index in [1.807, 2.05) is 55.7 Å². The Balaban J connectivity index is 1.54. The van der Waals surface area contributed by atoms with E-state index < -0.39 is 30.4 Å². The number of hydrogen-bond donors (Lipinski definition) is 2. The van der Waals surface area contributed by atoms with E-state index in [0.29, 0.717) is 11.3 Å². The van der Waals surface area contributed by atoms with Crippen LogP contribution >= 0.6 is 0 Å². The molecule has 0 unspecified atom stereocenters. The molecule has 9 heteroatoms. The van der Waals surface area contributed by atoms with Crippen molar-refractivity contribution in [3.05, 3.63) is 88.4 Å². The van der Waals surface area contributed by atoms with Crippen LogP contribution in [-0.2, 0) is 20.7 Å². The minimum Gasteiger partial charge on any atom is -0.462 e. The van der Waals surface area contributed by atoms with Gasteiger partial charge in [-0.25, -0.2) is 14.5 Å². The highest BCUT2D eigenvalue weighted by molar-refractivity contribution is 6.16. The summed E-state index contributed by atoms with van der Waals surface area (Å²) in [5, 5.41) is 5.36. The minimum atomic E-state index is -0.656. The molecule has 0 aliphatic carbocycles. The zero-order chi connectivity index (χ0) is 27.4. The number of esters is 1. The molecule has 38 heavy (non-hydrogen) atoms. The third-order valence-corrected chi connectivity index (χ3v) is 6.32. The highest BCUT2D eigenvalue weighted by Crippen LogP contribution is 2.25. The lowest BCUT2D eigenvalue weighted by Crippen LogP contribution is -2.38. The first-order valence-electron chi connectivity index (χ1n) is 12.4. The summed E-state index contributed by atoms with van der Waals surface area (Å²) in [5.74, 6) is -1.45. The zero-order valence-electron chi connectivity index (χ0n) is 21.8. The summed E-state index contributed by atoms with van der Waals surface area (Å²) in [6.07, 6.45) is 2.33. The van der Waals surface area contributed by atoms with Crippen molar-refractivity contribution in [1.82, 2.24) is 14.8 Å². The number of imide groups is 1. The van der Waals surface area contributed by atoms with E-state index >= 15 is 0 Å². The summed E-state index contributed by atoms with van der Waals surface area (Å²) in [7, 11) is 0. The fourth-order valence-corrected chi connectivity index (χ4v) is 4.47. The van der Waals surface area contributed by atoms with E-state index in [-0.39, 0.29) is 12.3 Å². The van der Waals surface area contributed by atoms with Gasteiger partial charge < -0.3 is 19.9 Å². The first-order valence-corrected chi connectivity index (χ1v) is 12.4. The van der Waals surface area contributed by atoms with Crippen LogP contribution in [0.4, 0.5) is 10.5 Å². The Bertz CT molecular complexity index is 1450. The number of benzene rings is 2. The SMILES string of the molecule is CCOC(=O)c1cccc(-n2c(C)cc(/C=C3/NC(=O)N(CC(=O)Nc4ccccc4CC)C3=O)c2C)c1. The number of anilines is 1. The predicted molar refractivity (Wildman–Crippen MR) is 144 cm³/mol. The Morgan fingerprint density at radius 2 is 1.79 bits per heavy atom. The van der Waals surface area contributed by atoms with E-state index in [1.54, 1.807) is 37.3 Å². The van der Waals surface area contributed by atoms with Gasteiger partial charge in [-0.05, 0) is 74.7 Å². The van der Waals surface area contributed by atoms with Gasteiger partial charge in [0.25, 0.3) is 5.91 Å². The Kier molecular flexibility index (Phi) is 7.76. The van der Waals surface area contributed by atoms with Gasteiger partial charge in [-0.15, -0.1) is 0 Å². The van der Waals surface area contributed by atoms with Gasteiger partial charge >= 0.3 is 12.0 Å². The largest absolute Gasteiger partial charge is 0.462 e. The number of amides is 4. The normalized spacial score (nSPS) is 14.1. The monoisotopic (exact) mass is 514 g/mol. The van der Waals surface area contributed by atoms with E-state index in [2.05, 4.69) is 10.6 Å². The van der Waals surface area contributed by atoms with Crippen molar-refractivity contribution in [2.75, 3.05) is 18.5 Å². The Morgan fingerprint density at radius 1 is 1.03 bits per heavy atom. The number of carbonyl (C=O) groups is 4. The van der Waals surface area contributed by atoms with Crippen molar-refractivity contribution in [3.63, 3.8) is 0 Å². The first-order chi connectivity index (χ1) is 18.2. The van der Waals surface area contributed by atoms with Crippen molar-refractivity contribution in [3.8, 4) is 5.69 Å². The Morgan fingerprint density at radius 3 is 2.53 bits per heavy atom. The second-order valence-electron chi connectivity index (χ2n) is 8.87. The van der Waals surface area contributed by atoms with Gasteiger partial charge in [0.15, 0.2) is 0 Å². The van der Waals surface area contributed by atoms with Crippen LogP contribution in [0, 0.1) is 13.8 Å². The van der Waals surface area contributed by atoms with Crippen molar-refractivity contribution in [2.24, 2.45) is 0 Å². The Labute approximate surface area is 221 Å². The highest BCUT2D eigenvalue weighted by Gasteiger charge is 2.35. The number of rotatable bonds is 8. The zero-order valence-corrected chi connectivity index (χ0v) is 21.8. The number of nitrogens with zero attached hydrogens (tertiary/aromatic N) is 2. The molecule has 4 rings (SSSR count). The summed E-state index contributed by atoms with van der Waals surface area (Å²) in [6.45, 7) is 7.41. The van der Waals surface area contributed by atoms with Crippen LogP contribution in [0.25, 0.3) is 11.8 Å². The number of nitrogens with one attached hydrogen (secondary N) is 2. The van der Waals surface area contributed by atoms with Gasteiger partial charge in [0.2, 0.25) is 5.91 Å². The Hall–Kier alpha value is -4.66. The minimum absolute atomic E-state index is 0.0808. The van der Waals surface area contributed by atoms with Gasteiger partial charge in [0.1, 0.15) is 12.2 Å². The number of para-hydroxylation sites is 1. The van der Waals surface area contributed by atoms with Crippen LogP contribution in [0.1, 0.15) is 46.7 Å². The van der Waals surface area contributed by atoms with Crippen LogP contribution in [0.15, 0.2) is 60.3 Å². The number of urea groups is 1. The van der Waals surface area contributed by atoms with Crippen molar-refractivity contribution in [1.29, 1.82) is 0 Å². The topological polar surface area (TPSA) is 110 Å². The number of carbonyl (C=O) groups excluding carboxylic acids is 4. The maximum atomic E-state index is 13.0. The number of ether oxygens (including phenoxy) is 1. The van der Waals surface area contributed by atoms with Gasteiger partial charge in [0.05, 0.1) is 12.2 Å². The molecule has 0 atom stereocenters. The van der Waals surface area contributed by atoms with Crippen LogP contribution in [0.5, 0.6) is 0 Å². The standard InChI is InChI=1S/C29H30N4O5/c1-5-20-10-7-8-13-24(20)30-26(34)17-32-27(35)25(31-29(32)37)16-22-14-18(3)33(19(22)4)23-12-9-11-21(15-23)28(36)38-6-2/h7-16H,5-6,17H2,1-4H3,(H,30,34)(H,31,37)/b25-16+. The number of aryl methyl sites for hydroxylation is 2. The lowest BCUT2D eigenvalue weighted by atomic mass is 10.1. The molecular weight excluding hydrogens is 484 g/mol. The van der Waals surface area contributed by atoms with Gasteiger partial charge in [-0.3, -0.25) is 9.59 Å². The molecule has 196 valence electrons. The molecule has 1 aliphatic rings.